The van der Waals surface area contributed by atoms with Gasteiger partial charge in [-0.15, -0.1) is 0 Å². The molecular weight excluding hydrogens is 319 g/mol. The molecule has 0 radical (unpaired) electrons. The summed E-state index contributed by atoms with van der Waals surface area (Å²) in [5, 5.41) is 2.80. The minimum absolute atomic E-state index is 0.0376. The number of carbonyl (C=O) groups excluding carboxylic acids is 1. The van der Waals surface area contributed by atoms with Crippen molar-refractivity contribution in [3.8, 4) is 0 Å². The first-order valence-corrected chi connectivity index (χ1v) is 8.58. The summed E-state index contributed by atoms with van der Waals surface area (Å²) < 4.78 is 12.9. The number of hydrogen-bond donors (Lipinski definition) is 1. The molecule has 1 amide bonds. The smallest absolute Gasteiger partial charge is 0.225 e. The zero-order valence-corrected chi connectivity index (χ0v) is 14.2. The molecule has 5 nitrogen and oxygen atoms in total. The molecule has 1 fully saturated rings. The lowest BCUT2D eigenvalue weighted by Crippen LogP contribution is -2.46. The van der Waals surface area contributed by atoms with Gasteiger partial charge in [0.15, 0.2) is 0 Å². The maximum Gasteiger partial charge on any atom is 0.225 e. The van der Waals surface area contributed by atoms with Crippen LogP contribution in [0.25, 0.3) is 0 Å². The van der Waals surface area contributed by atoms with Crippen LogP contribution in [0.2, 0.25) is 0 Å². The van der Waals surface area contributed by atoms with Gasteiger partial charge in [0.25, 0.3) is 0 Å². The van der Waals surface area contributed by atoms with Crippen LogP contribution in [-0.4, -0.2) is 53.4 Å². The fourth-order valence-electron chi connectivity index (χ4n) is 2.94. The summed E-state index contributed by atoms with van der Waals surface area (Å²) in [6, 6.07) is 9.90. The summed E-state index contributed by atoms with van der Waals surface area (Å²) in [5.41, 5.74) is 1.86. The van der Waals surface area contributed by atoms with E-state index in [4.69, 9.17) is 0 Å². The Morgan fingerprint density at radius 3 is 2.48 bits per heavy atom. The first-order chi connectivity index (χ1) is 12.2. The normalized spacial score (nSPS) is 15.9. The first-order valence-electron chi connectivity index (χ1n) is 8.58. The molecule has 1 aliphatic heterocycles. The summed E-state index contributed by atoms with van der Waals surface area (Å²) >= 11 is 0. The Morgan fingerprint density at radius 1 is 1.08 bits per heavy atom. The monoisotopic (exact) mass is 342 g/mol. The van der Waals surface area contributed by atoms with Gasteiger partial charge < -0.3 is 10.2 Å². The highest BCUT2D eigenvalue weighted by molar-refractivity contribution is 5.90. The Bertz CT molecular complexity index is 670. The van der Waals surface area contributed by atoms with Crippen molar-refractivity contribution in [1.82, 2.24) is 14.8 Å². The third-order valence-electron chi connectivity index (χ3n) is 4.38. The number of nitrogens with one attached hydrogen (secondary N) is 1. The van der Waals surface area contributed by atoms with Crippen LogP contribution in [0.3, 0.4) is 0 Å². The maximum atomic E-state index is 12.9. The predicted molar refractivity (Wildman–Crippen MR) is 95.6 cm³/mol. The number of rotatable bonds is 6. The molecule has 1 aliphatic rings. The van der Waals surface area contributed by atoms with Gasteiger partial charge in [-0.3, -0.25) is 14.7 Å². The minimum Gasteiger partial charge on any atom is -0.326 e. The Morgan fingerprint density at radius 2 is 1.80 bits per heavy atom. The molecule has 1 aromatic heterocycles. The van der Waals surface area contributed by atoms with E-state index in [1.165, 1.54) is 17.7 Å². The molecule has 0 atom stereocenters. The van der Waals surface area contributed by atoms with Gasteiger partial charge in [0.05, 0.1) is 0 Å². The van der Waals surface area contributed by atoms with Crippen molar-refractivity contribution in [3.05, 3.63) is 60.2 Å². The van der Waals surface area contributed by atoms with E-state index < -0.39 is 0 Å². The minimum atomic E-state index is -0.304. The number of hydrogen-bond acceptors (Lipinski definition) is 4. The summed E-state index contributed by atoms with van der Waals surface area (Å²) in [5.74, 6) is -0.341. The van der Waals surface area contributed by atoms with Crippen molar-refractivity contribution in [2.24, 2.45) is 0 Å². The summed E-state index contributed by atoms with van der Waals surface area (Å²) in [6.07, 6.45) is 4.14. The van der Waals surface area contributed by atoms with E-state index in [9.17, 15) is 9.18 Å². The van der Waals surface area contributed by atoms with Crippen molar-refractivity contribution in [1.29, 1.82) is 0 Å². The second-order valence-corrected chi connectivity index (χ2v) is 6.28. The van der Waals surface area contributed by atoms with E-state index in [1.54, 1.807) is 18.3 Å². The van der Waals surface area contributed by atoms with Crippen LogP contribution >= 0.6 is 0 Å². The molecule has 132 valence electrons. The van der Waals surface area contributed by atoms with Crippen molar-refractivity contribution in [2.75, 3.05) is 38.0 Å². The van der Waals surface area contributed by atoms with Gasteiger partial charge in [-0.25, -0.2) is 4.39 Å². The molecular formula is C19H23FN4O. The van der Waals surface area contributed by atoms with Crippen molar-refractivity contribution in [2.45, 2.75) is 13.0 Å². The lowest BCUT2D eigenvalue weighted by atomic mass is 10.2. The van der Waals surface area contributed by atoms with Gasteiger partial charge in [0.2, 0.25) is 5.91 Å². The lowest BCUT2D eigenvalue weighted by molar-refractivity contribution is -0.116. The molecule has 1 N–H and O–H groups in total. The van der Waals surface area contributed by atoms with Crippen LogP contribution in [0.1, 0.15) is 12.0 Å². The van der Waals surface area contributed by atoms with Crippen molar-refractivity contribution in [3.63, 3.8) is 0 Å². The van der Waals surface area contributed by atoms with Gasteiger partial charge in [-0.2, -0.15) is 0 Å². The average molecular weight is 342 g/mol. The number of benzene rings is 1. The van der Waals surface area contributed by atoms with Crippen LogP contribution in [0.4, 0.5) is 10.1 Å². The highest BCUT2D eigenvalue weighted by atomic mass is 19.1. The van der Waals surface area contributed by atoms with Gasteiger partial charge in [0, 0.05) is 63.8 Å². The second-order valence-electron chi connectivity index (χ2n) is 6.28. The van der Waals surface area contributed by atoms with E-state index in [2.05, 4.69) is 26.2 Å². The lowest BCUT2D eigenvalue weighted by Gasteiger charge is -2.34. The summed E-state index contributed by atoms with van der Waals surface area (Å²) in [6.45, 7) is 5.58. The van der Waals surface area contributed by atoms with E-state index in [-0.39, 0.29) is 11.7 Å². The molecule has 0 saturated carbocycles. The van der Waals surface area contributed by atoms with Crippen molar-refractivity contribution < 1.29 is 9.18 Å². The number of amides is 1. The van der Waals surface area contributed by atoms with Gasteiger partial charge in [-0.1, -0.05) is 6.07 Å². The fourth-order valence-corrected chi connectivity index (χ4v) is 2.94. The molecule has 0 spiro atoms. The maximum absolute atomic E-state index is 12.9. The molecule has 1 aromatic carbocycles. The molecule has 6 heteroatoms. The highest BCUT2D eigenvalue weighted by Gasteiger charge is 2.17. The highest BCUT2D eigenvalue weighted by Crippen LogP contribution is 2.10. The summed E-state index contributed by atoms with van der Waals surface area (Å²) in [4.78, 5) is 20.9. The number of aromatic nitrogens is 1. The van der Waals surface area contributed by atoms with Crippen LogP contribution in [0.15, 0.2) is 48.8 Å². The topological polar surface area (TPSA) is 48.5 Å². The number of piperazine rings is 1. The number of anilines is 1. The number of carbonyl (C=O) groups is 1. The molecule has 0 unspecified atom stereocenters. The number of halogens is 1. The predicted octanol–water partition coefficient (Wildman–Crippen LogP) is 2.37. The van der Waals surface area contributed by atoms with Gasteiger partial charge >= 0.3 is 0 Å². The van der Waals surface area contributed by atoms with E-state index in [0.29, 0.717) is 12.1 Å². The molecule has 25 heavy (non-hydrogen) atoms. The average Bonchev–Trinajstić information content (AvgIpc) is 2.64. The third-order valence-corrected chi connectivity index (χ3v) is 4.38. The Labute approximate surface area is 147 Å². The SMILES string of the molecule is O=C(CCN1CCN(Cc2cccnc2)CC1)Nc1ccc(F)cc1. The quantitative estimate of drug-likeness (QED) is 0.876. The molecule has 1 saturated heterocycles. The Balaban J connectivity index is 1.36. The number of pyridine rings is 1. The van der Waals surface area contributed by atoms with E-state index in [0.717, 1.165) is 39.3 Å². The summed E-state index contributed by atoms with van der Waals surface area (Å²) in [7, 11) is 0. The largest absolute Gasteiger partial charge is 0.326 e. The second kappa shape index (κ2) is 8.69. The Kier molecular flexibility index (Phi) is 6.09. The molecule has 0 aliphatic carbocycles. The first kappa shape index (κ1) is 17.5. The van der Waals surface area contributed by atoms with Crippen LogP contribution in [0.5, 0.6) is 0 Å². The van der Waals surface area contributed by atoms with E-state index >= 15 is 0 Å². The van der Waals surface area contributed by atoms with Gasteiger partial charge in [0.1, 0.15) is 5.82 Å². The molecule has 3 rings (SSSR count). The number of nitrogens with zero attached hydrogens (tertiary/aromatic N) is 3. The van der Waals surface area contributed by atoms with Crippen LogP contribution < -0.4 is 5.32 Å². The van der Waals surface area contributed by atoms with Crippen molar-refractivity contribution >= 4 is 11.6 Å². The van der Waals surface area contributed by atoms with Gasteiger partial charge in [-0.05, 0) is 35.9 Å². The van der Waals surface area contributed by atoms with Crippen LogP contribution in [0, 0.1) is 5.82 Å². The zero-order valence-electron chi connectivity index (χ0n) is 14.2. The molecule has 0 bridgehead atoms. The molecule has 2 aromatic rings. The zero-order chi connectivity index (χ0) is 17.5. The third kappa shape index (κ3) is 5.62. The molecule has 2 heterocycles. The standard InChI is InChI=1S/C19H23FN4O/c20-17-3-5-18(6-4-17)22-19(25)7-9-23-10-12-24(13-11-23)15-16-2-1-8-21-14-16/h1-6,8,14H,7,9-13,15H2,(H,22,25). The Hall–Kier alpha value is -2.31. The fraction of sp³-hybridized carbons (Fsp3) is 0.368. The van der Waals surface area contributed by atoms with E-state index in [1.807, 2.05) is 12.3 Å². The van der Waals surface area contributed by atoms with Crippen LogP contribution in [-0.2, 0) is 11.3 Å².